The summed E-state index contributed by atoms with van der Waals surface area (Å²) in [6, 6.07) is 0. The molecule has 2 rings (SSSR count). The molecule has 2 heterocycles. The van der Waals surface area contributed by atoms with Crippen LogP contribution in [0.3, 0.4) is 0 Å². The van der Waals surface area contributed by atoms with Crippen molar-refractivity contribution in [3.8, 4) is 0 Å². The molecular weight excluding hydrogens is 172 g/mol. The summed E-state index contributed by atoms with van der Waals surface area (Å²) in [5.74, 6) is 0.760. The summed E-state index contributed by atoms with van der Waals surface area (Å²) in [4.78, 5) is 0. The van der Waals surface area contributed by atoms with E-state index in [4.69, 9.17) is 9.47 Å². The third-order valence-corrected chi connectivity index (χ3v) is 4.02. The topological polar surface area (TPSA) is 18.5 Å². The van der Waals surface area contributed by atoms with Gasteiger partial charge in [0, 0.05) is 11.0 Å². The largest absolute Gasteiger partial charge is 0.344 e. The molecule has 0 aromatic carbocycles. The second-order valence-corrected chi connectivity index (χ2v) is 5.19. The van der Waals surface area contributed by atoms with E-state index in [2.05, 4.69) is 6.92 Å². The quantitative estimate of drug-likeness (QED) is 0.627. The van der Waals surface area contributed by atoms with Gasteiger partial charge in [-0.15, -0.1) is 0 Å². The molecule has 2 saturated heterocycles. The Bertz CT molecular complexity index is 181. The van der Waals surface area contributed by atoms with Crippen LogP contribution in [-0.4, -0.2) is 29.0 Å². The molecule has 2 fully saturated rings. The molecule has 0 aliphatic carbocycles. The van der Waals surface area contributed by atoms with Crippen LogP contribution in [0.4, 0.5) is 0 Å². The SMILES string of the molecule is CC[C@H]1SCC2OC(C)(C)O[C@@H]21. The van der Waals surface area contributed by atoms with Gasteiger partial charge in [0.1, 0.15) is 0 Å². The second-order valence-electron chi connectivity index (χ2n) is 3.92. The van der Waals surface area contributed by atoms with Crippen LogP contribution in [0.15, 0.2) is 0 Å². The van der Waals surface area contributed by atoms with E-state index in [-0.39, 0.29) is 5.79 Å². The highest BCUT2D eigenvalue weighted by molar-refractivity contribution is 8.00. The first kappa shape index (κ1) is 8.85. The van der Waals surface area contributed by atoms with Gasteiger partial charge in [0.2, 0.25) is 0 Å². The minimum atomic E-state index is -0.344. The molecule has 0 aromatic rings. The maximum atomic E-state index is 5.83. The molecule has 3 atom stereocenters. The highest BCUT2D eigenvalue weighted by atomic mass is 32.2. The minimum absolute atomic E-state index is 0.343. The minimum Gasteiger partial charge on any atom is -0.344 e. The van der Waals surface area contributed by atoms with Gasteiger partial charge < -0.3 is 9.47 Å². The van der Waals surface area contributed by atoms with E-state index in [1.165, 1.54) is 6.42 Å². The van der Waals surface area contributed by atoms with Crippen molar-refractivity contribution in [3.05, 3.63) is 0 Å². The van der Waals surface area contributed by atoms with Gasteiger partial charge in [-0.1, -0.05) is 6.92 Å². The Morgan fingerprint density at radius 1 is 1.42 bits per heavy atom. The van der Waals surface area contributed by atoms with E-state index in [9.17, 15) is 0 Å². The Balaban J connectivity index is 2.06. The van der Waals surface area contributed by atoms with Gasteiger partial charge in [0.05, 0.1) is 12.2 Å². The number of hydrogen-bond donors (Lipinski definition) is 0. The van der Waals surface area contributed by atoms with E-state index in [1.54, 1.807) is 0 Å². The molecule has 0 amide bonds. The molecule has 12 heavy (non-hydrogen) atoms. The number of hydrogen-bond acceptors (Lipinski definition) is 3. The number of ether oxygens (including phenoxy) is 2. The highest BCUT2D eigenvalue weighted by Crippen LogP contribution is 2.42. The Kier molecular flexibility index (Phi) is 2.13. The molecule has 2 aliphatic rings. The summed E-state index contributed by atoms with van der Waals surface area (Å²) >= 11 is 1.99. The summed E-state index contributed by atoms with van der Waals surface area (Å²) < 4.78 is 11.6. The van der Waals surface area contributed by atoms with Crippen LogP contribution >= 0.6 is 11.8 Å². The van der Waals surface area contributed by atoms with Crippen molar-refractivity contribution in [2.24, 2.45) is 0 Å². The first-order chi connectivity index (χ1) is 5.62. The van der Waals surface area contributed by atoms with Crippen molar-refractivity contribution in [1.82, 2.24) is 0 Å². The molecule has 0 saturated carbocycles. The van der Waals surface area contributed by atoms with E-state index in [0.29, 0.717) is 17.5 Å². The molecule has 2 nitrogen and oxygen atoms in total. The predicted octanol–water partition coefficient (Wildman–Crippen LogP) is 2.03. The van der Waals surface area contributed by atoms with Gasteiger partial charge in [0.15, 0.2) is 5.79 Å². The molecule has 0 spiro atoms. The lowest BCUT2D eigenvalue weighted by Crippen LogP contribution is -2.27. The maximum absolute atomic E-state index is 5.83. The first-order valence-corrected chi connectivity index (χ1v) is 5.64. The fourth-order valence-corrected chi connectivity index (χ4v) is 3.32. The van der Waals surface area contributed by atoms with Gasteiger partial charge in [-0.2, -0.15) is 11.8 Å². The van der Waals surface area contributed by atoms with Crippen LogP contribution in [0, 0.1) is 0 Å². The Labute approximate surface area is 78.0 Å². The summed E-state index contributed by atoms with van der Waals surface area (Å²) in [5, 5.41) is 0.650. The number of fused-ring (bicyclic) bond motifs is 1. The number of thioether (sulfide) groups is 1. The van der Waals surface area contributed by atoms with Gasteiger partial charge in [-0.25, -0.2) is 0 Å². The fraction of sp³-hybridized carbons (Fsp3) is 1.00. The summed E-state index contributed by atoms with van der Waals surface area (Å²) in [5.41, 5.74) is 0. The normalized spacial score (nSPS) is 44.8. The predicted molar refractivity (Wildman–Crippen MR) is 50.4 cm³/mol. The van der Waals surface area contributed by atoms with Gasteiger partial charge in [-0.3, -0.25) is 0 Å². The average Bonchev–Trinajstić information content (AvgIpc) is 2.42. The van der Waals surface area contributed by atoms with Crippen LogP contribution in [0.1, 0.15) is 27.2 Å². The zero-order valence-electron chi connectivity index (χ0n) is 7.87. The van der Waals surface area contributed by atoms with E-state index >= 15 is 0 Å². The van der Waals surface area contributed by atoms with Crippen LogP contribution in [0.2, 0.25) is 0 Å². The third kappa shape index (κ3) is 1.38. The van der Waals surface area contributed by atoms with Crippen LogP contribution in [0.25, 0.3) is 0 Å². The molecule has 0 N–H and O–H groups in total. The molecule has 70 valence electrons. The van der Waals surface area contributed by atoms with Crippen molar-refractivity contribution >= 4 is 11.8 Å². The highest BCUT2D eigenvalue weighted by Gasteiger charge is 2.48. The zero-order valence-corrected chi connectivity index (χ0v) is 8.69. The lowest BCUT2D eigenvalue weighted by Gasteiger charge is -2.20. The Morgan fingerprint density at radius 3 is 2.83 bits per heavy atom. The standard InChI is InChI=1S/C9H16O2S/c1-4-7-8-6(5-12-7)10-9(2,3)11-8/h6-8H,4-5H2,1-3H3/t6?,7-,8+/m1/s1. The van der Waals surface area contributed by atoms with Crippen molar-refractivity contribution in [2.45, 2.75) is 50.4 Å². The monoisotopic (exact) mass is 188 g/mol. The van der Waals surface area contributed by atoms with Gasteiger partial charge in [-0.05, 0) is 20.3 Å². The maximum Gasteiger partial charge on any atom is 0.163 e. The molecular formula is C9H16O2S. The summed E-state index contributed by atoms with van der Waals surface area (Å²) in [7, 11) is 0. The van der Waals surface area contributed by atoms with Crippen molar-refractivity contribution in [2.75, 3.05) is 5.75 Å². The lowest BCUT2D eigenvalue weighted by molar-refractivity contribution is -0.145. The zero-order chi connectivity index (χ0) is 8.77. The molecule has 2 aliphatic heterocycles. The third-order valence-electron chi connectivity index (χ3n) is 2.46. The Hall–Kier alpha value is 0.270. The van der Waals surface area contributed by atoms with E-state index in [0.717, 1.165) is 5.75 Å². The second kappa shape index (κ2) is 2.89. The lowest BCUT2D eigenvalue weighted by atomic mass is 10.1. The molecule has 0 radical (unpaired) electrons. The molecule has 1 unspecified atom stereocenters. The van der Waals surface area contributed by atoms with Gasteiger partial charge >= 0.3 is 0 Å². The molecule has 3 heteroatoms. The summed E-state index contributed by atoms with van der Waals surface area (Å²) in [6.07, 6.45) is 1.87. The number of rotatable bonds is 1. The van der Waals surface area contributed by atoms with Crippen LogP contribution in [-0.2, 0) is 9.47 Å². The van der Waals surface area contributed by atoms with Gasteiger partial charge in [0.25, 0.3) is 0 Å². The molecule has 0 aromatic heterocycles. The fourth-order valence-electron chi connectivity index (χ4n) is 1.97. The van der Waals surface area contributed by atoms with E-state index < -0.39 is 0 Å². The molecule has 0 bridgehead atoms. The summed E-state index contributed by atoms with van der Waals surface area (Å²) in [6.45, 7) is 6.22. The van der Waals surface area contributed by atoms with Crippen LogP contribution < -0.4 is 0 Å². The van der Waals surface area contributed by atoms with E-state index in [1.807, 2.05) is 25.6 Å². The average molecular weight is 188 g/mol. The van der Waals surface area contributed by atoms with Crippen molar-refractivity contribution < 1.29 is 9.47 Å². The van der Waals surface area contributed by atoms with Crippen molar-refractivity contribution in [1.29, 1.82) is 0 Å². The Morgan fingerprint density at radius 2 is 2.17 bits per heavy atom. The van der Waals surface area contributed by atoms with Crippen molar-refractivity contribution in [3.63, 3.8) is 0 Å². The smallest absolute Gasteiger partial charge is 0.163 e. The van der Waals surface area contributed by atoms with Crippen LogP contribution in [0.5, 0.6) is 0 Å². The first-order valence-electron chi connectivity index (χ1n) is 4.59.